The zero-order valence-electron chi connectivity index (χ0n) is 8.70. The van der Waals surface area contributed by atoms with E-state index in [-0.39, 0.29) is 10.9 Å². The van der Waals surface area contributed by atoms with E-state index in [0.29, 0.717) is 0 Å². The highest BCUT2D eigenvalue weighted by atomic mass is 28.3. The van der Waals surface area contributed by atoms with E-state index in [2.05, 4.69) is 0 Å². The molecule has 0 aliphatic carbocycles. The van der Waals surface area contributed by atoms with Crippen molar-refractivity contribution >= 4 is 18.9 Å². The molecule has 0 aromatic heterocycles. The second kappa shape index (κ2) is 3.69. The molecule has 0 fully saturated rings. The Balaban J connectivity index is 3.35. The minimum atomic E-state index is -1.97. The van der Waals surface area contributed by atoms with Crippen molar-refractivity contribution in [1.82, 2.24) is 0 Å². The van der Waals surface area contributed by atoms with Gasteiger partial charge in [0.1, 0.15) is 11.6 Å². The number of nitrogen functional groups attached to an aromatic ring is 1. The lowest BCUT2D eigenvalue weighted by atomic mass is 10.3. The monoisotopic (exact) mass is 215 g/mol. The maximum atomic E-state index is 13.5. The van der Waals surface area contributed by atoms with Crippen molar-refractivity contribution in [3.05, 3.63) is 23.8 Å². The predicted molar refractivity (Wildman–Crippen MR) is 58.4 cm³/mol. The number of hydrogen-bond donors (Lipinski definition) is 1. The Labute approximate surface area is 83.9 Å². The summed E-state index contributed by atoms with van der Waals surface area (Å²) < 4.78 is 27.0. The van der Waals surface area contributed by atoms with Gasteiger partial charge >= 0.3 is 0 Å². The van der Waals surface area contributed by atoms with Crippen LogP contribution < -0.4 is 10.9 Å². The van der Waals surface area contributed by atoms with Gasteiger partial charge in [-0.1, -0.05) is 26.1 Å². The molecule has 0 saturated heterocycles. The van der Waals surface area contributed by atoms with Crippen molar-refractivity contribution in [3.8, 4) is 0 Å². The van der Waals surface area contributed by atoms with Crippen molar-refractivity contribution in [2.75, 3.05) is 5.73 Å². The molecule has 0 spiro atoms. The summed E-state index contributed by atoms with van der Waals surface area (Å²) in [5, 5.41) is 0.259. The first kappa shape index (κ1) is 11.2. The second-order valence-electron chi connectivity index (χ2n) is 4.10. The molecular weight excluding hydrogens is 200 g/mol. The minimum absolute atomic E-state index is 0.143. The smallest absolute Gasteiger partial charge is 0.127 e. The quantitative estimate of drug-likeness (QED) is 0.595. The minimum Gasteiger partial charge on any atom is -0.399 e. The Morgan fingerprint density at radius 2 is 1.64 bits per heavy atom. The van der Waals surface area contributed by atoms with Gasteiger partial charge in [0.05, 0.1) is 8.07 Å². The van der Waals surface area contributed by atoms with Crippen LogP contribution in [-0.4, -0.2) is 8.07 Å². The van der Waals surface area contributed by atoms with Crippen LogP contribution in [0.5, 0.6) is 0 Å². The summed E-state index contributed by atoms with van der Waals surface area (Å²) in [5.74, 6) is -0.998. The number of hydrogen-bond acceptors (Lipinski definition) is 1. The van der Waals surface area contributed by atoms with Gasteiger partial charge in [0.15, 0.2) is 0 Å². The fraction of sp³-hybridized carbons (Fsp3) is 0.400. The van der Waals surface area contributed by atoms with Gasteiger partial charge in [-0.2, -0.15) is 0 Å². The summed E-state index contributed by atoms with van der Waals surface area (Å²) in [5.41, 5.74) is 5.49. The Kier molecular flexibility index (Phi) is 2.94. The molecular formula is C10H15F2NSi. The van der Waals surface area contributed by atoms with E-state index in [9.17, 15) is 8.78 Å². The van der Waals surface area contributed by atoms with Crippen LogP contribution in [0.15, 0.2) is 12.1 Å². The Morgan fingerprint density at radius 3 is 2.00 bits per heavy atom. The lowest BCUT2D eigenvalue weighted by Gasteiger charge is -2.22. The van der Waals surface area contributed by atoms with Crippen LogP contribution in [0.3, 0.4) is 0 Å². The van der Waals surface area contributed by atoms with Crippen LogP contribution in [0, 0.1) is 11.6 Å². The van der Waals surface area contributed by atoms with Gasteiger partial charge in [-0.25, -0.2) is 8.78 Å². The molecule has 14 heavy (non-hydrogen) atoms. The Morgan fingerprint density at radius 1 is 1.21 bits per heavy atom. The summed E-state index contributed by atoms with van der Waals surface area (Å²) in [6.45, 7) is 5.86. The van der Waals surface area contributed by atoms with Gasteiger partial charge in [-0.3, -0.25) is 0 Å². The third-order valence-corrected chi connectivity index (χ3v) is 6.22. The number of benzene rings is 1. The molecule has 0 bridgehead atoms. The van der Waals surface area contributed by atoms with Crippen LogP contribution in [0.2, 0.25) is 19.1 Å². The average Bonchev–Trinajstić information content (AvgIpc) is 2.01. The normalized spacial score (nSPS) is 11.8. The molecule has 0 radical (unpaired) electrons. The van der Waals surface area contributed by atoms with Crippen LogP contribution in [0.25, 0.3) is 0 Å². The van der Waals surface area contributed by atoms with Crippen LogP contribution in [0.1, 0.15) is 6.92 Å². The number of nitrogens with two attached hydrogens (primary N) is 1. The summed E-state index contributed by atoms with van der Waals surface area (Å²) in [7, 11) is -1.97. The van der Waals surface area contributed by atoms with Crippen molar-refractivity contribution in [2.24, 2.45) is 0 Å². The lowest BCUT2D eigenvalue weighted by molar-refractivity contribution is 0.597. The highest BCUT2D eigenvalue weighted by Crippen LogP contribution is 2.16. The number of rotatable bonds is 2. The van der Waals surface area contributed by atoms with Crippen LogP contribution in [0.4, 0.5) is 14.5 Å². The molecule has 0 aliphatic rings. The first-order valence-electron chi connectivity index (χ1n) is 4.63. The largest absolute Gasteiger partial charge is 0.399 e. The van der Waals surface area contributed by atoms with Gasteiger partial charge in [-0.15, -0.1) is 0 Å². The van der Waals surface area contributed by atoms with Gasteiger partial charge in [0.25, 0.3) is 0 Å². The molecule has 1 aromatic carbocycles. The second-order valence-corrected chi connectivity index (χ2v) is 9.07. The Bertz CT molecular complexity index is 327. The first-order chi connectivity index (χ1) is 6.38. The highest BCUT2D eigenvalue weighted by molar-refractivity contribution is 6.89. The third-order valence-electron chi connectivity index (χ3n) is 2.63. The number of anilines is 1. The van der Waals surface area contributed by atoms with E-state index >= 15 is 0 Å². The van der Waals surface area contributed by atoms with Crippen LogP contribution >= 0.6 is 0 Å². The topological polar surface area (TPSA) is 26.0 Å². The van der Waals surface area contributed by atoms with E-state index in [0.717, 1.165) is 6.04 Å². The molecule has 0 unspecified atom stereocenters. The fourth-order valence-electron chi connectivity index (χ4n) is 1.42. The summed E-state index contributed by atoms with van der Waals surface area (Å²) in [4.78, 5) is 0. The molecule has 1 rings (SSSR count). The van der Waals surface area contributed by atoms with Crippen molar-refractivity contribution in [2.45, 2.75) is 26.1 Å². The van der Waals surface area contributed by atoms with Crippen molar-refractivity contribution < 1.29 is 8.78 Å². The summed E-state index contributed by atoms with van der Waals surface area (Å²) in [6, 6.07) is 3.20. The maximum Gasteiger partial charge on any atom is 0.127 e. The van der Waals surface area contributed by atoms with Crippen molar-refractivity contribution in [1.29, 1.82) is 0 Å². The molecule has 78 valence electrons. The zero-order chi connectivity index (χ0) is 10.9. The summed E-state index contributed by atoms with van der Waals surface area (Å²) >= 11 is 0. The highest BCUT2D eigenvalue weighted by Gasteiger charge is 2.28. The van der Waals surface area contributed by atoms with Crippen molar-refractivity contribution in [3.63, 3.8) is 0 Å². The molecule has 0 heterocycles. The van der Waals surface area contributed by atoms with E-state index < -0.39 is 19.7 Å². The Hall–Kier alpha value is -0.903. The molecule has 0 amide bonds. The zero-order valence-corrected chi connectivity index (χ0v) is 9.70. The van der Waals surface area contributed by atoms with E-state index in [1.165, 1.54) is 12.1 Å². The van der Waals surface area contributed by atoms with Crippen LogP contribution in [-0.2, 0) is 0 Å². The van der Waals surface area contributed by atoms with Gasteiger partial charge in [0, 0.05) is 10.9 Å². The average molecular weight is 215 g/mol. The molecule has 4 heteroatoms. The predicted octanol–water partition coefficient (Wildman–Crippen LogP) is 2.48. The maximum absolute atomic E-state index is 13.5. The third kappa shape index (κ3) is 1.95. The van der Waals surface area contributed by atoms with Gasteiger partial charge in [0.2, 0.25) is 0 Å². The van der Waals surface area contributed by atoms with Gasteiger partial charge < -0.3 is 5.73 Å². The number of halogens is 2. The SMILES string of the molecule is CC[Si](C)(C)c1c(F)cc(N)cc1F. The van der Waals surface area contributed by atoms with E-state index in [1.807, 2.05) is 20.0 Å². The molecule has 2 N–H and O–H groups in total. The van der Waals surface area contributed by atoms with Gasteiger partial charge in [-0.05, 0) is 12.1 Å². The molecule has 1 nitrogen and oxygen atoms in total. The summed E-state index contributed by atoms with van der Waals surface area (Å²) in [6.07, 6.45) is 0. The molecule has 0 saturated carbocycles. The van der Waals surface area contributed by atoms with E-state index in [4.69, 9.17) is 5.73 Å². The molecule has 0 atom stereocenters. The standard InChI is InChI=1S/C10H15F2NSi/c1-4-14(2,3)10-8(11)5-7(13)6-9(10)12/h5-6H,4,13H2,1-3H3. The van der Waals surface area contributed by atoms with E-state index in [1.54, 1.807) is 0 Å². The molecule has 1 aromatic rings. The first-order valence-corrected chi connectivity index (χ1v) is 7.84. The molecule has 0 aliphatic heterocycles. The fourth-order valence-corrected chi connectivity index (χ4v) is 3.21. The lowest BCUT2D eigenvalue weighted by Crippen LogP contribution is -2.44.